The van der Waals surface area contributed by atoms with Crippen LogP contribution in [-0.4, -0.2) is 50.5 Å². The van der Waals surface area contributed by atoms with E-state index in [1.54, 1.807) is 48.5 Å². The first-order valence-corrected chi connectivity index (χ1v) is 16.9. The van der Waals surface area contributed by atoms with Gasteiger partial charge in [-0.3, -0.25) is 13.9 Å². The third-order valence-corrected chi connectivity index (χ3v) is 8.40. The summed E-state index contributed by atoms with van der Waals surface area (Å²) in [5, 5.41) is 3.51. The molecular formula is C35H38ClN3O5S. The minimum absolute atomic E-state index is 0.0735. The van der Waals surface area contributed by atoms with E-state index in [0.29, 0.717) is 28.8 Å². The first kappa shape index (κ1) is 33.6. The van der Waals surface area contributed by atoms with Crippen molar-refractivity contribution >= 4 is 39.1 Å². The maximum atomic E-state index is 14.2. The molecule has 0 bridgehead atoms. The SMILES string of the molecule is CC(C)CNC(=O)[C@H](Cc1ccccc1)N(Cc1ccc(Cl)cc1)C(=O)CN(c1ccc(Oc2ccccc2)cc1)S(C)(=O)=O. The van der Waals surface area contributed by atoms with Crippen LogP contribution in [0.2, 0.25) is 5.02 Å². The van der Waals surface area contributed by atoms with Crippen molar-refractivity contribution in [3.8, 4) is 11.5 Å². The Morgan fingerprint density at radius 1 is 0.800 bits per heavy atom. The Morgan fingerprint density at radius 3 is 1.96 bits per heavy atom. The van der Waals surface area contributed by atoms with E-state index in [1.165, 1.54) is 4.90 Å². The Morgan fingerprint density at radius 2 is 1.38 bits per heavy atom. The number of hydrogen-bond acceptors (Lipinski definition) is 5. The number of halogens is 1. The molecule has 45 heavy (non-hydrogen) atoms. The number of nitrogens with one attached hydrogen (secondary N) is 1. The number of rotatable bonds is 14. The minimum Gasteiger partial charge on any atom is -0.457 e. The Labute approximate surface area is 270 Å². The normalized spacial score (nSPS) is 11.9. The van der Waals surface area contributed by atoms with E-state index < -0.39 is 28.5 Å². The van der Waals surface area contributed by atoms with Crippen molar-refractivity contribution in [1.82, 2.24) is 10.2 Å². The molecule has 0 aliphatic heterocycles. The number of carbonyl (C=O) groups is 2. The predicted octanol–water partition coefficient (Wildman–Crippen LogP) is 6.31. The van der Waals surface area contributed by atoms with Crippen molar-refractivity contribution in [3.63, 3.8) is 0 Å². The van der Waals surface area contributed by atoms with Crippen LogP contribution in [-0.2, 0) is 32.6 Å². The van der Waals surface area contributed by atoms with E-state index in [9.17, 15) is 18.0 Å². The van der Waals surface area contributed by atoms with E-state index in [2.05, 4.69) is 5.32 Å². The average molecular weight is 648 g/mol. The van der Waals surface area contributed by atoms with E-state index in [-0.39, 0.29) is 24.8 Å². The molecule has 8 nitrogen and oxygen atoms in total. The van der Waals surface area contributed by atoms with Gasteiger partial charge in [-0.05, 0) is 65.6 Å². The lowest BCUT2D eigenvalue weighted by Crippen LogP contribution is -2.53. The van der Waals surface area contributed by atoms with Gasteiger partial charge in [-0.1, -0.05) is 86.1 Å². The molecule has 4 rings (SSSR count). The lowest BCUT2D eigenvalue weighted by Gasteiger charge is -2.33. The Bertz CT molecular complexity index is 1650. The van der Waals surface area contributed by atoms with Gasteiger partial charge in [0.15, 0.2) is 0 Å². The molecule has 0 saturated heterocycles. The molecule has 0 unspecified atom stereocenters. The lowest BCUT2D eigenvalue weighted by atomic mass is 10.0. The van der Waals surface area contributed by atoms with Gasteiger partial charge in [0.2, 0.25) is 21.8 Å². The summed E-state index contributed by atoms with van der Waals surface area (Å²) >= 11 is 6.12. The van der Waals surface area contributed by atoms with Crippen molar-refractivity contribution in [2.75, 3.05) is 23.7 Å². The molecule has 1 N–H and O–H groups in total. The number of benzene rings is 4. The Hall–Kier alpha value is -4.34. The van der Waals surface area contributed by atoms with Gasteiger partial charge in [0.05, 0.1) is 11.9 Å². The van der Waals surface area contributed by atoms with Crippen LogP contribution in [0, 0.1) is 5.92 Å². The Balaban J connectivity index is 1.67. The maximum absolute atomic E-state index is 14.2. The second-order valence-corrected chi connectivity index (χ2v) is 13.5. The zero-order chi connectivity index (χ0) is 32.4. The van der Waals surface area contributed by atoms with E-state index in [0.717, 1.165) is 21.7 Å². The van der Waals surface area contributed by atoms with Gasteiger partial charge in [0, 0.05) is 24.5 Å². The molecular weight excluding hydrogens is 610 g/mol. The molecule has 0 aromatic heterocycles. The van der Waals surface area contributed by atoms with Crippen LogP contribution in [0.15, 0.2) is 109 Å². The summed E-state index contributed by atoms with van der Waals surface area (Å²) in [4.78, 5) is 29.4. The molecule has 0 spiro atoms. The summed E-state index contributed by atoms with van der Waals surface area (Å²) < 4.78 is 33.0. The first-order valence-electron chi connectivity index (χ1n) is 14.7. The Kier molecular flexibility index (Phi) is 11.6. The van der Waals surface area contributed by atoms with Crippen LogP contribution in [0.5, 0.6) is 11.5 Å². The number of amides is 2. The number of hydrogen-bond donors (Lipinski definition) is 1. The van der Waals surface area contributed by atoms with Crippen LogP contribution in [0.25, 0.3) is 0 Å². The van der Waals surface area contributed by atoms with Gasteiger partial charge >= 0.3 is 0 Å². The third-order valence-electron chi connectivity index (χ3n) is 7.00. The van der Waals surface area contributed by atoms with Crippen molar-refractivity contribution in [1.29, 1.82) is 0 Å². The van der Waals surface area contributed by atoms with Gasteiger partial charge < -0.3 is 15.0 Å². The fourth-order valence-electron chi connectivity index (χ4n) is 4.68. The van der Waals surface area contributed by atoms with Crippen LogP contribution < -0.4 is 14.4 Å². The highest BCUT2D eigenvalue weighted by Crippen LogP contribution is 2.26. The second-order valence-electron chi connectivity index (χ2n) is 11.2. The molecule has 236 valence electrons. The summed E-state index contributed by atoms with van der Waals surface area (Å²) in [5.41, 5.74) is 1.91. The summed E-state index contributed by atoms with van der Waals surface area (Å²) in [6.07, 6.45) is 1.30. The minimum atomic E-state index is -3.90. The summed E-state index contributed by atoms with van der Waals surface area (Å²) in [5.74, 6) is 0.502. The topological polar surface area (TPSA) is 96.0 Å². The quantitative estimate of drug-likeness (QED) is 0.173. The number of para-hydroxylation sites is 1. The first-order chi connectivity index (χ1) is 21.5. The molecule has 4 aromatic carbocycles. The van der Waals surface area contributed by atoms with Gasteiger partial charge in [-0.25, -0.2) is 8.42 Å². The van der Waals surface area contributed by atoms with Crippen LogP contribution in [0.1, 0.15) is 25.0 Å². The van der Waals surface area contributed by atoms with Gasteiger partial charge in [0.25, 0.3) is 0 Å². The largest absolute Gasteiger partial charge is 0.457 e. The highest BCUT2D eigenvalue weighted by molar-refractivity contribution is 7.92. The molecule has 0 saturated carbocycles. The smallest absolute Gasteiger partial charge is 0.244 e. The molecule has 0 fully saturated rings. The summed E-state index contributed by atoms with van der Waals surface area (Å²) in [6.45, 7) is 3.98. The molecule has 0 heterocycles. The zero-order valence-corrected chi connectivity index (χ0v) is 27.2. The molecule has 10 heteroatoms. The molecule has 4 aromatic rings. The number of nitrogens with zero attached hydrogens (tertiary/aromatic N) is 2. The number of sulfonamides is 1. The van der Waals surface area contributed by atoms with Crippen LogP contribution in [0.4, 0.5) is 5.69 Å². The molecule has 0 aliphatic carbocycles. The summed E-state index contributed by atoms with van der Waals surface area (Å²) in [7, 11) is -3.90. The molecule has 2 amide bonds. The number of ether oxygens (including phenoxy) is 1. The predicted molar refractivity (Wildman–Crippen MR) is 179 cm³/mol. The number of carbonyl (C=O) groups excluding carboxylic acids is 2. The van der Waals surface area contributed by atoms with Gasteiger partial charge in [-0.15, -0.1) is 0 Å². The second kappa shape index (κ2) is 15.6. The standard InChI is InChI=1S/C35H38ClN3O5S/c1-26(2)23-37-35(41)33(22-27-10-6-4-7-11-27)38(24-28-14-16-29(36)17-15-28)34(40)25-39(45(3,42)43)30-18-20-32(21-19-30)44-31-12-8-5-9-13-31/h4-21,26,33H,22-25H2,1-3H3,(H,37,41)/t33-/m0/s1. The molecule has 1 atom stereocenters. The van der Waals surface area contributed by atoms with Gasteiger partial charge in [0.1, 0.15) is 24.1 Å². The molecule has 0 radical (unpaired) electrons. The van der Waals surface area contributed by atoms with Gasteiger partial charge in [-0.2, -0.15) is 0 Å². The monoisotopic (exact) mass is 647 g/mol. The van der Waals surface area contributed by atoms with E-state index in [1.807, 2.05) is 74.5 Å². The van der Waals surface area contributed by atoms with Crippen LogP contribution >= 0.6 is 11.6 Å². The van der Waals surface area contributed by atoms with Crippen molar-refractivity contribution in [2.45, 2.75) is 32.9 Å². The lowest BCUT2D eigenvalue weighted by molar-refractivity contribution is -0.140. The average Bonchev–Trinajstić information content (AvgIpc) is 3.02. The van der Waals surface area contributed by atoms with Crippen LogP contribution in [0.3, 0.4) is 0 Å². The third kappa shape index (κ3) is 10.1. The van der Waals surface area contributed by atoms with E-state index in [4.69, 9.17) is 16.3 Å². The molecule has 0 aliphatic rings. The fraction of sp³-hybridized carbons (Fsp3) is 0.257. The summed E-state index contributed by atoms with van der Waals surface area (Å²) in [6, 6.07) is 31.2. The zero-order valence-electron chi connectivity index (χ0n) is 25.6. The van der Waals surface area contributed by atoms with E-state index >= 15 is 0 Å². The maximum Gasteiger partial charge on any atom is 0.244 e. The van der Waals surface area contributed by atoms with Crippen molar-refractivity contribution in [3.05, 3.63) is 125 Å². The highest BCUT2D eigenvalue weighted by atomic mass is 35.5. The highest BCUT2D eigenvalue weighted by Gasteiger charge is 2.33. The number of anilines is 1. The fourth-order valence-corrected chi connectivity index (χ4v) is 5.66. The van der Waals surface area contributed by atoms with Crippen molar-refractivity contribution in [2.24, 2.45) is 5.92 Å². The van der Waals surface area contributed by atoms with Crippen molar-refractivity contribution < 1.29 is 22.7 Å².